The second kappa shape index (κ2) is 6.00. The molecule has 0 amide bonds. The highest BCUT2D eigenvalue weighted by atomic mass is 16.4. The van der Waals surface area contributed by atoms with Crippen LogP contribution in [-0.4, -0.2) is 32.3 Å². The molecule has 0 radical (unpaired) electrons. The van der Waals surface area contributed by atoms with Crippen molar-refractivity contribution in [3.63, 3.8) is 0 Å². The van der Waals surface area contributed by atoms with Crippen molar-refractivity contribution in [2.24, 2.45) is 0 Å². The molecule has 0 unspecified atom stereocenters. The molecule has 1 aliphatic heterocycles. The van der Waals surface area contributed by atoms with E-state index >= 15 is 0 Å². The summed E-state index contributed by atoms with van der Waals surface area (Å²) in [6.45, 7) is 2.09. The standard InChI is InChI=1S/C16H16N4O2/c17-8-14-13-10-19(9-12-4-2-1-3-5-12)7-6-15(13)20(18-14)11-16(21)22/h1-5H,6-7,9-11H2,(H,21,22). The summed E-state index contributed by atoms with van der Waals surface area (Å²) < 4.78 is 1.45. The molecule has 0 saturated heterocycles. The van der Waals surface area contributed by atoms with E-state index in [-0.39, 0.29) is 6.54 Å². The summed E-state index contributed by atoms with van der Waals surface area (Å²) in [6, 6.07) is 12.2. The highest BCUT2D eigenvalue weighted by Crippen LogP contribution is 2.23. The number of nitrogens with zero attached hydrogens (tertiary/aromatic N) is 4. The Kier molecular flexibility index (Phi) is 3.90. The van der Waals surface area contributed by atoms with Crippen LogP contribution in [0.25, 0.3) is 0 Å². The summed E-state index contributed by atoms with van der Waals surface area (Å²) in [5.41, 5.74) is 3.31. The number of carboxylic acid groups (broad SMARTS) is 1. The zero-order valence-corrected chi connectivity index (χ0v) is 12.1. The van der Waals surface area contributed by atoms with E-state index in [0.29, 0.717) is 18.7 Å². The molecule has 3 rings (SSSR count). The molecule has 6 nitrogen and oxygen atoms in total. The smallest absolute Gasteiger partial charge is 0.325 e. The molecule has 0 atom stereocenters. The van der Waals surface area contributed by atoms with E-state index in [2.05, 4.69) is 28.2 Å². The van der Waals surface area contributed by atoms with Crippen LogP contribution in [0.15, 0.2) is 30.3 Å². The van der Waals surface area contributed by atoms with Crippen molar-refractivity contribution in [2.45, 2.75) is 26.1 Å². The van der Waals surface area contributed by atoms with Crippen LogP contribution in [0, 0.1) is 11.3 Å². The van der Waals surface area contributed by atoms with Gasteiger partial charge < -0.3 is 5.11 Å². The monoisotopic (exact) mass is 296 g/mol. The Hall–Kier alpha value is -2.65. The molecule has 6 heteroatoms. The number of nitriles is 1. The minimum Gasteiger partial charge on any atom is -0.480 e. The molecule has 112 valence electrons. The van der Waals surface area contributed by atoms with Crippen molar-refractivity contribution in [3.05, 3.63) is 52.8 Å². The van der Waals surface area contributed by atoms with E-state index in [9.17, 15) is 10.1 Å². The van der Waals surface area contributed by atoms with Gasteiger partial charge in [0.05, 0.1) is 0 Å². The SMILES string of the molecule is N#Cc1nn(CC(=O)O)c2c1CN(Cc1ccccc1)CC2. The van der Waals surface area contributed by atoms with Crippen molar-refractivity contribution in [1.82, 2.24) is 14.7 Å². The fourth-order valence-electron chi connectivity index (χ4n) is 2.87. The molecular weight excluding hydrogens is 280 g/mol. The topological polar surface area (TPSA) is 82.1 Å². The molecule has 2 aromatic rings. The van der Waals surface area contributed by atoms with Crippen LogP contribution in [0.3, 0.4) is 0 Å². The average Bonchev–Trinajstić information content (AvgIpc) is 2.85. The van der Waals surface area contributed by atoms with E-state index in [1.807, 2.05) is 18.2 Å². The Balaban J connectivity index is 1.82. The molecule has 0 saturated carbocycles. The molecule has 1 aromatic carbocycles. The van der Waals surface area contributed by atoms with Crippen LogP contribution in [0.5, 0.6) is 0 Å². The van der Waals surface area contributed by atoms with E-state index in [1.54, 1.807) is 0 Å². The van der Waals surface area contributed by atoms with Crippen molar-refractivity contribution in [1.29, 1.82) is 5.26 Å². The summed E-state index contributed by atoms with van der Waals surface area (Å²) in [6.07, 6.45) is 0.712. The molecular formula is C16H16N4O2. The maximum atomic E-state index is 10.9. The Morgan fingerprint density at radius 3 is 2.82 bits per heavy atom. The quantitative estimate of drug-likeness (QED) is 0.922. The third kappa shape index (κ3) is 2.85. The predicted octanol–water partition coefficient (Wildman–Crippen LogP) is 1.40. The Bertz CT molecular complexity index is 731. The number of carboxylic acids is 1. The Labute approximate surface area is 128 Å². The van der Waals surface area contributed by atoms with Gasteiger partial charge in [0.1, 0.15) is 12.6 Å². The number of hydrogen-bond donors (Lipinski definition) is 1. The number of aromatic nitrogens is 2. The molecule has 0 spiro atoms. The first-order valence-electron chi connectivity index (χ1n) is 7.14. The van der Waals surface area contributed by atoms with Gasteiger partial charge in [-0.1, -0.05) is 30.3 Å². The number of benzene rings is 1. The van der Waals surface area contributed by atoms with Crippen LogP contribution in [0.4, 0.5) is 0 Å². The van der Waals surface area contributed by atoms with Crippen LogP contribution < -0.4 is 0 Å². The van der Waals surface area contributed by atoms with Gasteiger partial charge in [0, 0.05) is 37.3 Å². The number of aliphatic carboxylic acids is 1. The Morgan fingerprint density at radius 2 is 2.14 bits per heavy atom. The largest absolute Gasteiger partial charge is 0.480 e. The van der Waals surface area contributed by atoms with E-state index in [0.717, 1.165) is 24.3 Å². The lowest BCUT2D eigenvalue weighted by molar-refractivity contribution is -0.137. The fraction of sp³-hybridized carbons (Fsp3) is 0.312. The molecule has 0 aliphatic carbocycles. The second-order valence-corrected chi connectivity index (χ2v) is 5.38. The lowest BCUT2D eigenvalue weighted by atomic mass is 10.0. The zero-order chi connectivity index (χ0) is 15.5. The summed E-state index contributed by atoms with van der Waals surface area (Å²) >= 11 is 0. The first kappa shape index (κ1) is 14.3. The maximum absolute atomic E-state index is 10.9. The van der Waals surface area contributed by atoms with Crippen molar-refractivity contribution in [2.75, 3.05) is 6.54 Å². The van der Waals surface area contributed by atoms with Crippen molar-refractivity contribution in [3.8, 4) is 6.07 Å². The molecule has 0 fully saturated rings. The summed E-state index contributed by atoms with van der Waals surface area (Å²) in [5, 5.41) is 22.3. The first-order chi connectivity index (χ1) is 10.7. The number of hydrogen-bond acceptors (Lipinski definition) is 4. The van der Waals surface area contributed by atoms with Crippen molar-refractivity contribution < 1.29 is 9.90 Å². The molecule has 22 heavy (non-hydrogen) atoms. The number of rotatable bonds is 4. The van der Waals surface area contributed by atoms with Gasteiger partial charge in [-0.25, -0.2) is 0 Å². The lowest BCUT2D eigenvalue weighted by Crippen LogP contribution is -2.31. The van der Waals surface area contributed by atoms with Gasteiger partial charge in [-0.15, -0.1) is 0 Å². The average molecular weight is 296 g/mol. The van der Waals surface area contributed by atoms with Crippen LogP contribution in [0.2, 0.25) is 0 Å². The second-order valence-electron chi connectivity index (χ2n) is 5.38. The van der Waals surface area contributed by atoms with Gasteiger partial charge >= 0.3 is 5.97 Å². The minimum absolute atomic E-state index is 0.192. The molecule has 1 aromatic heterocycles. The van der Waals surface area contributed by atoms with Gasteiger partial charge in [0.15, 0.2) is 5.69 Å². The molecule has 2 heterocycles. The maximum Gasteiger partial charge on any atom is 0.325 e. The number of fused-ring (bicyclic) bond motifs is 1. The molecule has 1 aliphatic rings. The number of carbonyl (C=O) groups is 1. The predicted molar refractivity (Wildman–Crippen MR) is 78.8 cm³/mol. The molecule has 0 bridgehead atoms. The van der Waals surface area contributed by atoms with E-state index in [4.69, 9.17) is 5.11 Å². The zero-order valence-electron chi connectivity index (χ0n) is 12.1. The third-order valence-electron chi connectivity index (χ3n) is 3.85. The van der Waals surface area contributed by atoms with Gasteiger partial charge in [-0.05, 0) is 5.56 Å². The van der Waals surface area contributed by atoms with Gasteiger partial charge in [-0.2, -0.15) is 10.4 Å². The highest BCUT2D eigenvalue weighted by molar-refractivity contribution is 5.66. The minimum atomic E-state index is -0.943. The normalized spacial score (nSPS) is 14.3. The summed E-state index contributed by atoms with van der Waals surface area (Å²) in [5.74, 6) is -0.943. The summed E-state index contributed by atoms with van der Waals surface area (Å²) in [7, 11) is 0. The van der Waals surface area contributed by atoms with E-state index in [1.165, 1.54) is 10.2 Å². The summed E-state index contributed by atoms with van der Waals surface area (Å²) in [4.78, 5) is 13.2. The van der Waals surface area contributed by atoms with Gasteiger partial charge in [-0.3, -0.25) is 14.4 Å². The van der Waals surface area contributed by atoms with Crippen LogP contribution in [0.1, 0.15) is 22.5 Å². The van der Waals surface area contributed by atoms with Crippen LogP contribution in [-0.2, 0) is 30.8 Å². The Morgan fingerprint density at radius 1 is 1.36 bits per heavy atom. The third-order valence-corrected chi connectivity index (χ3v) is 3.85. The van der Waals surface area contributed by atoms with Gasteiger partial charge in [0.25, 0.3) is 0 Å². The first-order valence-corrected chi connectivity index (χ1v) is 7.14. The highest BCUT2D eigenvalue weighted by Gasteiger charge is 2.25. The van der Waals surface area contributed by atoms with E-state index < -0.39 is 5.97 Å². The fourth-order valence-corrected chi connectivity index (χ4v) is 2.87. The lowest BCUT2D eigenvalue weighted by Gasteiger charge is -2.27. The van der Waals surface area contributed by atoms with Crippen molar-refractivity contribution >= 4 is 5.97 Å². The van der Waals surface area contributed by atoms with Crippen LogP contribution >= 0.6 is 0 Å². The van der Waals surface area contributed by atoms with Gasteiger partial charge in [0.2, 0.25) is 0 Å². The molecule has 1 N–H and O–H groups in total.